The molecule has 2 fully saturated rings. The van der Waals surface area contributed by atoms with E-state index >= 15 is 0 Å². The van der Waals surface area contributed by atoms with Gasteiger partial charge in [-0.1, -0.05) is 12.1 Å². The Morgan fingerprint density at radius 1 is 1.05 bits per heavy atom. The second-order valence-electron chi connectivity index (χ2n) is 5.86. The van der Waals surface area contributed by atoms with Crippen LogP contribution in [0.1, 0.15) is 19.3 Å². The van der Waals surface area contributed by atoms with Crippen molar-refractivity contribution in [2.45, 2.75) is 25.2 Å². The number of alkyl halides is 2. The van der Waals surface area contributed by atoms with Crippen LogP contribution in [0.15, 0.2) is 30.6 Å². The van der Waals surface area contributed by atoms with E-state index in [-0.39, 0.29) is 6.42 Å². The molecule has 1 saturated heterocycles. The van der Waals surface area contributed by atoms with E-state index in [1.165, 1.54) is 0 Å². The zero-order valence-corrected chi connectivity index (χ0v) is 11.0. The summed E-state index contributed by atoms with van der Waals surface area (Å²) in [7, 11) is 0. The number of rotatable bonds is 1. The van der Waals surface area contributed by atoms with Crippen molar-refractivity contribution >= 4 is 16.7 Å². The predicted octanol–water partition coefficient (Wildman–Crippen LogP) is 3.26. The first-order valence-electron chi connectivity index (χ1n) is 6.94. The minimum Gasteiger partial charge on any atom is -0.356 e. The summed E-state index contributed by atoms with van der Waals surface area (Å²) in [6.07, 6.45) is 2.72. The Hall–Kier alpha value is -1.78. The summed E-state index contributed by atoms with van der Waals surface area (Å²) in [5.41, 5.74) is 0.182. The fourth-order valence-corrected chi connectivity index (χ4v) is 3.31. The van der Waals surface area contributed by atoms with E-state index < -0.39 is 11.3 Å². The van der Waals surface area contributed by atoms with Gasteiger partial charge in [0.15, 0.2) is 0 Å². The lowest BCUT2D eigenvalue weighted by molar-refractivity contribution is 0.0537. The number of benzene rings is 1. The lowest BCUT2D eigenvalue weighted by Gasteiger charge is -2.33. The Labute approximate surface area is 115 Å². The maximum atomic E-state index is 13.4. The third kappa shape index (κ3) is 1.62. The SMILES string of the molecule is FC1(F)CC12CCN(c1ncnc3ccccc13)CC2. The fraction of sp³-hybridized carbons (Fsp3) is 0.467. The van der Waals surface area contributed by atoms with E-state index in [4.69, 9.17) is 0 Å². The first-order chi connectivity index (χ1) is 9.61. The number of halogens is 2. The smallest absolute Gasteiger partial charge is 0.254 e. The quantitative estimate of drug-likeness (QED) is 0.800. The number of nitrogens with zero attached hydrogens (tertiary/aromatic N) is 3. The van der Waals surface area contributed by atoms with Gasteiger partial charge in [-0.2, -0.15) is 0 Å². The summed E-state index contributed by atoms with van der Waals surface area (Å²) in [5.74, 6) is -1.57. The first kappa shape index (κ1) is 12.0. The molecular formula is C15H15F2N3. The summed E-state index contributed by atoms with van der Waals surface area (Å²) in [6, 6.07) is 7.83. The summed E-state index contributed by atoms with van der Waals surface area (Å²) in [4.78, 5) is 10.7. The molecule has 1 aliphatic heterocycles. The van der Waals surface area contributed by atoms with Crippen LogP contribution in [0.4, 0.5) is 14.6 Å². The molecule has 3 nitrogen and oxygen atoms in total. The van der Waals surface area contributed by atoms with Crippen LogP contribution in [-0.2, 0) is 0 Å². The topological polar surface area (TPSA) is 29.0 Å². The molecule has 0 radical (unpaired) electrons. The van der Waals surface area contributed by atoms with Crippen molar-refractivity contribution in [2.75, 3.05) is 18.0 Å². The molecule has 2 heterocycles. The standard InChI is InChI=1S/C15H15F2N3/c16-15(17)9-14(15)5-7-20(8-6-14)13-11-3-1-2-4-12(11)18-10-19-13/h1-4,10H,5-9H2. The normalized spacial score (nSPS) is 23.2. The molecule has 1 saturated carbocycles. The molecular weight excluding hydrogens is 260 g/mol. The maximum Gasteiger partial charge on any atom is 0.254 e. The van der Waals surface area contributed by atoms with Crippen LogP contribution in [0, 0.1) is 5.41 Å². The van der Waals surface area contributed by atoms with E-state index in [9.17, 15) is 8.78 Å². The van der Waals surface area contributed by atoms with Crippen molar-refractivity contribution in [2.24, 2.45) is 5.41 Å². The second kappa shape index (κ2) is 3.87. The molecule has 5 heteroatoms. The number of piperidine rings is 1. The highest BCUT2D eigenvalue weighted by Crippen LogP contribution is 2.65. The zero-order valence-electron chi connectivity index (χ0n) is 11.0. The highest BCUT2D eigenvalue weighted by Gasteiger charge is 2.70. The monoisotopic (exact) mass is 275 g/mol. The summed E-state index contributed by atoms with van der Waals surface area (Å²) >= 11 is 0. The van der Waals surface area contributed by atoms with E-state index in [1.807, 2.05) is 24.3 Å². The zero-order chi connectivity index (χ0) is 13.8. The van der Waals surface area contributed by atoms with Crippen LogP contribution < -0.4 is 4.90 Å². The van der Waals surface area contributed by atoms with Gasteiger partial charge in [-0.3, -0.25) is 0 Å². The number of para-hydroxylation sites is 1. The van der Waals surface area contributed by atoms with Gasteiger partial charge in [0.05, 0.1) is 5.52 Å². The van der Waals surface area contributed by atoms with Gasteiger partial charge in [-0.05, 0) is 25.0 Å². The molecule has 1 aromatic carbocycles. The Morgan fingerprint density at radius 2 is 1.75 bits per heavy atom. The minimum atomic E-state index is -2.44. The highest BCUT2D eigenvalue weighted by molar-refractivity contribution is 5.89. The Kier molecular flexibility index (Phi) is 2.32. The van der Waals surface area contributed by atoms with Crippen LogP contribution in [0.5, 0.6) is 0 Å². The van der Waals surface area contributed by atoms with Gasteiger partial charge in [0, 0.05) is 30.3 Å². The second-order valence-corrected chi connectivity index (χ2v) is 5.86. The molecule has 2 aliphatic rings. The van der Waals surface area contributed by atoms with Gasteiger partial charge in [-0.15, -0.1) is 0 Å². The van der Waals surface area contributed by atoms with E-state index in [0.29, 0.717) is 25.9 Å². The van der Waals surface area contributed by atoms with Crippen LogP contribution in [0.2, 0.25) is 0 Å². The van der Waals surface area contributed by atoms with E-state index in [0.717, 1.165) is 16.7 Å². The average Bonchev–Trinajstić information content (AvgIpc) is 2.99. The van der Waals surface area contributed by atoms with Crippen molar-refractivity contribution in [3.05, 3.63) is 30.6 Å². The molecule has 0 unspecified atom stereocenters. The molecule has 1 aromatic heterocycles. The third-order valence-corrected chi connectivity index (χ3v) is 4.75. The number of anilines is 1. The van der Waals surface area contributed by atoms with Gasteiger partial charge >= 0.3 is 0 Å². The molecule has 0 bridgehead atoms. The van der Waals surface area contributed by atoms with Crippen molar-refractivity contribution in [3.63, 3.8) is 0 Å². The van der Waals surface area contributed by atoms with E-state index in [1.54, 1.807) is 6.33 Å². The van der Waals surface area contributed by atoms with Crippen LogP contribution in [-0.4, -0.2) is 29.0 Å². The van der Waals surface area contributed by atoms with Crippen LogP contribution in [0.3, 0.4) is 0 Å². The first-order valence-corrected chi connectivity index (χ1v) is 6.94. The van der Waals surface area contributed by atoms with Crippen LogP contribution in [0.25, 0.3) is 10.9 Å². The molecule has 1 aliphatic carbocycles. The van der Waals surface area contributed by atoms with Crippen LogP contribution >= 0.6 is 0 Å². The van der Waals surface area contributed by atoms with Crippen molar-refractivity contribution in [1.82, 2.24) is 9.97 Å². The molecule has 20 heavy (non-hydrogen) atoms. The van der Waals surface area contributed by atoms with Gasteiger partial charge in [0.25, 0.3) is 5.92 Å². The van der Waals surface area contributed by atoms with E-state index in [2.05, 4.69) is 14.9 Å². The molecule has 2 aromatic rings. The summed E-state index contributed by atoms with van der Waals surface area (Å²) in [6.45, 7) is 1.30. The van der Waals surface area contributed by atoms with Gasteiger partial charge in [0.1, 0.15) is 12.1 Å². The minimum absolute atomic E-state index is 0.0678. The van der Waals surface area contributed by atoms with Gasteiger partial charge in [0.2, 0.25) is 0 Å². The van der Waals surface area contributed by atoms with Gasteiger partial charge < -0.3 is 4.90 Å². The third-order valence-electron chi connectivity index (χ3n) is 4.75. The number of hydrogen-bond acceptors (Lipinski definition) is 3. The predicted molar refractivity (Wildman–Crippen MR) is 73.0 cm³/mol. The lowest BCUT2D eigenvalue weighted by atomic mass is 9.92. The Morgan fingerprint density at radius 3 is 2.45 bits per heavy atom. The largest absolute Gasteiger partial charge is 0.356 e. The maximum absolute atomic E-state index is 13.4. The molecule has 4 rings (SSSR count). The summed E-state index contributed by atoms with van der Waals surface area (Å²) < 4.78 is 26.8. The molecule has 104 valence electrons. The summed E-state index contributed by atoms with van der Waals surface area (Å²) in [5, 5.41) is 0.994. The van der Waals surface area contributed by atoms with Crippen molar-refractivity contribution in [1.29, 1.82) is 0 Å². The fourth-order valence-electron chi connectivity index (χ4n) is 3.31. The van der Waals surface area contributed by atoms with Gasteiger partial charge in [-0.25, -0.2) is 18.7 Å². The molecule has 0 N–H and O–H groups in total. The Balaban J connectivity index is 1.62. The van der Waals surface area contributed by atoms with Crippen molar-refractivity contribution in [3.8, 4) is 0 Å². The molecule has 1 spiro atoms. The highest BCUT2D eigenvalue weighted by atomic mass is 19.3. The molecule has 0 amide bonds. The number of hydrogen-bond donors (Lipinski definition) is 0. The number of fused-ring (bicyclic) bond motifs is 1. The van der Waals surface area contributed by atoms with Crippen molar-refractivity contribution < 1.29 is 8.78 Å². The Bertz CT molecular complexity index is 658. The number of aromatic nitrogens is 2. The lowest BCUT2D eigenvalue weighted by Crippen LogP contribution is -2.37. The molecule has 0 atom stereocenters. The average molecular weight is 275 g/mol.